The second-order valence-corrected chi connectivity index (χ2v) is 5.53. The minimum Gasteiger partial charge on any atom is -0.374 e. The van der Waals surface area contributed by atoms with Gasteiger partial charge in [0.1, 0.15) is 0 Å². The van der Waals surface area contributed by atoms with Gasteiger partial charge in [0, 0.05) is 26.2 Å². The predicted molar refractivity (Wildman–Crippen MR) is 65.8 cm³/mol. The van der Waals surface area contributed by atoms with E-state index in [0.29, 0.717) is 0 Å². The minimum atomic E-state index is 0.0263. The summed E-state index contributed by atoms with van der Waals surface area (Å²) in [7, 11) is 0. The van der Waals surface area contributed by atoms with Gasteiger partial charge in [-0.1, -0.05) is 22.9 Å². The quantitative estimate of drug-likeness (QED) is 0.718. The summed E-state index contributed by atoms with van der Waals surface area (Å²) in [6.07, 6.45) is 1.11. The van der Waals surface area contributed by atoms with E-state index in [4.69, 9.17) is 4.74 Å². The molecule has 2 aliphatic heterocycles. The zero-order valence-electron chi connectivity index (χ0n) is 9.69. The van der Waals surface area contributed by atoms with E-state index < -0.39 is 0 Å². The highest BCUT2D eigenvalue weighted by Gasteiger charge is 2.32. The second kappa shape index (κ2) is 5.47. The van der Waals surface area contributed by atoms with Crippen molar-refractivity contribution in [3.63, 3.8) is 0 Å². The van der Waals surface area contributed by atoms with Crippen LogP contribution in [-0.4, -0.2) is 66.0 Å². The van der Waals surface area contributed by atoms with Crippen molar-refractivity contribution in [1.29, 1.82) is 0 Å². The molecule has 0 N–H and O–H groups in total. The molecule has 2 unspecified atom stereocenters. The van der Waals surface area contributed by atoms with Gasteiger partial charge < -0.3 is 9.64 Å². The van der Waals surface area contributed by atoms with Crippen LogP contribution in [0.25, 0.3) is 0 Å². The van der Waals surface area contributed by atoms with Crippen LogP contribution in [0.15, 0.2) is 0 Å². The van der Waals surface area contributed by atoms with Gasteiger partial charge in [-0.25, -0.2) is 0 Å². The molecule has 4 nitrogen and oxygen atoms in total. The van der Waals surface area contributed by atoms with E-state index in [2.05, 4.69) is 27.8 Å². The summed E-state index contributed by atoms with van der Waals surface area (Å²) in [6.45, 7) is 7.60. The molecule has 0 aliphatic carbocycles. The average molecular weight is 291 g/mol. The number of likely N-dealkylation sites (tertiary alicyclic amines) is 1. The van der Waals surface area contributed by atoms with Crippen LogP contribution in [0.1, 0.15) is 13.3 Å². The Balaban J connectivity index is 1.83. The lowest BCUT2D eigenvalue weighted by Gasteiger charge is -2.34. The smallest absolute Gasteiger partial charge is 0.236 e. The fourth-order valence-corrected chi connectivity index (χ4v) is 2.80. The largest absolute Gasteiger partial charge is 0.374 e. The van der Waals surface area contributed by atoms with E-state index in [0.717, 1.165) is 45.8 Å². The number of hydrogen-bond donors (Lipinski definition) is 0. The van der Waals surface area contributed by atoms with E-state index in [1.807, 2.05) is 4.90 Å². The Hall–Kier alpha value is -0.130. The Morgan fingerprint density at radius 3 is 2.94 bits per heavy atom. The number of hydrogen-bond acceptors (Lipinski definition) is 3. The summed E-state index contributed by atoms with van der Waals surface area (Å²) in [5.74, 6) is 0.220. The number of ether oxygens (including phenoxy) is 1. The number of nitrogens with zero attached hydrogens (tertiary/aromatic N) is 2. The van der Waals surface area contributed by atoms with E-state index in [1.54, 1.807) is 0 Å². The van der Waals surface area contributed by atoms with Gasteiger partial charge in [-0.3, -0.25) is 9.69 Å². The molecule has 1 amide bonds. The Kier molecular flexibility index (Phi) is 4.21. The van der Waals surface area contributed by atoms with Crippen molar-refractivity contribution >= 4 is 21.8 Å². The van der Waals surface area contributed by atoms with Crippen molar-refractivity contribution in [3.05, 3.63) is 0 Å². The maximum atomic E-state index is 11.7. The maximum absolute atomic E-state index is 11.7. The van der Waals surface area contributed by atoms with E-state index in [9.17, 15) is 4.79 Å². The standard InChI is InChI=1S/C11H19BrN2O2/c1-2-13-5-6-16-9(7-13)8-14-4-3-10(12)11(14)15/h9-10H,2-8H2,1H3. The Bertz CT molecular complexity index is 262. The van der Waals surface area contributed by atoms with Gasteiger partial charge in [-0.2, -0.15) is 0 Å². The highest BCUT2D eigenvalue weighted by molar-refractivity contribution is 9.10. The number of alkyl halides is 1. The van der Waals surface area contributed by atoms with Gasteiger partial charge in [0.25, 0.3) is 0 Å². The third-order valence-electron chi connectivity index (χ3n) is 3.33. The highest BCUT2D eigenvalue weighted by Crippen LogP contribution is 2.19. The van der Waals surface area contributed by atoms with Gasteiger partial charge in [-0.15, -0.1) is 0 Å². The number of rotatable bonds is 3. The highest BCUT2D eigenvalue weighted by atomic mass is 79.9. The van der Waals surface area contributed by atoms with E-state index >= 15 is 0 Å². The van der Waals surface area contributed by atoms with Gasteiger partial charge in [0.15, 0.2) is 0 Å². The van der Waals surface area contributed by atoms with E-state index in [1.165, 1.54) is 0 Å². The normalized spacial score (nSPS) is 32.4. The van der Waals surface area contributed by atoms with Crippen molar-refractivity contribution < 1.29 is 9.53 Å². The van der Waals surface area contributed by atoms with Crippen LogP contribution in [0.2, 0.25) is 0 Å². The topological polar surface area (TPSA) is 32.8 Å². The maximum Gasteiger partial charge on any atom is 0.236 e. The fraction of sp³-hybridized carbons (Fsp3) is 0.909. The molecule has 5 heteroatoms. The Morgan fingerprint density at radius 1 is 1.50 bits per heavy atom. The number of carbonyl (C=O) groups is 1. The van der Waals surface area contributed by atoms with Gasteiger partial charge in [0.05, 0.1) is 17.5 Å². The molecule has 0 saturated carbocycles. The molecule has 2 aliphatic rings. The molecular weight excluding hydrogens is 272 g/mol. The molecular formula is C11H19BrN2O2. The van der Waals surface area contributed by atoms with Crippen LogP contribution in [0.3, 0.4) is 0 Å². The molecule has 2 heterocycles. The number of halogens is 1. The van der Waals surface area contributed by atoms with Crippen LogP contribution >= 0.6 is 15.9 Å². The van der Waals surface area contributed by atoms with Crippen LogP contribution in [0.4, 0.5) is 0 Å². The lowest BCUT2D eigenvalue weighted by Crippen LogP contribution is -2.48. The van der Waals surface area contributed by atoms with Crippen LogP contribution < -0.4 is 0 Å². The number of carbonyl (C=O) groups excluding carboxylic acids is 1. The van der Waals surface area contributed by atoms with Crippen molar-refractivity contribution in [2.45, 2.75) is 24.3 Å². The molecule has 0 bridgehead atoms. The number of amides is 1. The van der Waals surface area contributed by atoms with Crippen LogP contribution in [0, 0.1) is 0 Å². The monoisotopic (exact) mass is 290 g/mol. The van der Waals surface area contributed by atoms with Gasteiger partial charge in [0.2, 0.25) is 5.91 Å². The average Bonchev–Trinajstić information content (AvgIpc) is 2.61. The first-order valence-corrected chi connectivity index (χ1v) is 6.89. The molecule has 0 aromatic carbocycles. The second-order valence-electron chi connectivity index (χ2n) is 4.43. The lowest BCUT2D eigenvalue weighted by atomic mass is 10.2. The van der Waals surface area contributed by atoms with Crippen LogP contribution in [0.5, 0.6) is 0 Å². The van der Waals surface area contributed by atoms with Crippen LogP contribution in [-0.2, 0) is 9.53 Å². The van der Waals surface area contributed by atoms with E-state index in [-0.39, 0.29) is 16.8 Å². The third kappa shape index (κ3) is 2.76. The minimum absolute atomic E-state index is 0.0263. The summed E-state index contributed by atoms with van der Waals surface area (Å²) >= 11 is 3.39. The van der Waals surface area contributed by atoms with Crippen molar-refractivity contribution in [1.82, 2.24) is 9.80 Å². The molecule has 2 saturated heterocycles. The zero-order chi connectivity index (χ0) is 11.5. The molecule has 0 spiro atoms. The van der Waals surface area contributed by atoms with Gasteiger partial charge >= 0.3 is 0 Å². The Morgan fingerprint density at radius 2 is 2.31 bits per heavy atom. The number of likely N-dealkylation sites (N-methyl/N-ethyl adjacent to an activating group) is 1. The molecule has 92 valence electrons. The summed E-state index contributed by atoms with van der Waals surface area (Å²) in [5.41, 5.74) is 0. The van der Waals surface area contributed by atoms with Crippen molar-refractivity contribution in [2.75, 3.05) is 39.3 Å². The molecule has 2 atom stereocenters. The summed E-state index contributed by atoms with van der Waals surface area (Å²) in [5, 5.41) is 0. The first kappa shape index (κ1) is 12.3. The summed E-state index contributed by atoms with van der Waals surface area (Å²) < 4.78 is 5.70. The molecule has 0 radical (unpaired) electrons. The first-order chi connectivity index (χ1) is 7.70. The lowest BCUT2D eigenvalue weighted by molar-refractivity contribution is -0.130. The molecule has 0 aromatic rings. The molecule has 2 rings (SSSR count). The van der Waals surface area contributed by atoms with Gasteiger partial charge in [-0.05, 0) is 13.0 Å². The third-order valence-corrected chi connectivity index (χ3v) is 4.18. The fourth-order valence-electron chi connectivity index (χ4n) is 2.31. The van der Waals surface area contributed by atoms with Crippen molar-refractivity contribution in [3.8, 4) is 0 Å². The summed E-state index contributed by atoms with van der Waals surface area (Å²) in [6, 6.07) is 0. The SMILES string of the molecule is CCN1CCOC(CN2CCC(Br)C2=O)C1. The molecule has 16 heavy (non-hydrogen) atoms. The number of morpholine rings is 1. The predicted octanol–water partition coefficient (Wildman–Crippen LogP) is 0.703. The molecule has 2 fully saturated rings. The Labute approximate surface area is 105 Å². The first-order valence-electron chi connectivity index (χ1n) is 5.97. The molecule has 0 aromatic heterocycles. The summed E-state index contributed by atoms with van der Waals surface area (Å²) in [4.78, 5) is 16.1. The van der Waals surface area contributed by atoms with Crippen molar-refractivity contribution in [2.24, 2.45) is 0 Å². The zero-order valence-corrected chi connectivity index (χ0v) is 11.3.